The van der Waals surface area contributed by atoms with Crippen molar-refractivity contribution in [2.24, 2.45) is 0 Å². The number of benzene rings is 1. The monoisotopic (exact) mass is 317 g/mol. The van der Waals surface area contributed by atoms with E-state index in [1.807, 2.05) is 6.92 Å². The molecule has 0 amide bonds. The molecule has 1 N–H and O–H groups in total. The van der Waals surface area contributed by atoms with E-state index in [2.05, 4.69) is 21.2 Å². The van der Waals surface area contributed by atoms with Crippen LogP contribution in [0.4, 0.5) is 10.1 Å². The highest BCUT2D eigenvalue weighted by molar-refractivity contribution is 9.10. The minimum Gasteiger partial charge on any atom is -0.464 e. The molecule has 0 saturated heterocycles. The van der Waals surface area contributed by atoms with Crippen LogP contribution in [-0.4, -0.2) is 18.6 Å². The number of hydrogen-bond donors (Lipinski definition) is 1. The Morgan fingerprint density at radius 2 is 2.22 bits per heavy atom. The van der Waals surface area contributed by atoms with Crippen molar-refractivity contribution in [3.05, 3.63) is 28.5 Å². The van der Waals surface area contributed by atoms with E-state index in [-0.39, 0.29) is 5.97 Å². The number of nitrogens with one attached hydrogen (secondary N) is 1. The molecule has 0 saturated carbocycles. The van der Waals surface area contributed by atoms with Crippen molar-refractivity contribution in [3.63, 3.8) is 0 Å². The normalized spacial score (nSPS) is 12.0. The molecule has 0 fully saturated rings. The quantitative estimate of drug-likeness (QED) is 0.812. The summed E-state index contributed by atoms with van der Waals surface area (Å²) in [4.78, 5) is 11.7. The Morgan fingerprint density at radius 1 is 1.50 bits per heavy atom. The van der Waals surface area contributed by atoms with Crippen molar-refractivity contribution < 1.29 is 13.9 Å². The standard InChI is InChI=1S/C13H17BrFNO2/c1-3-5-12(13(17)18-4-2)16-11-7-6-9(14)8-10(11)15/h6-8,12,16H,3-5H2,1-2H3. The lowest BCUT2D eigenvalue weighted by atomic mass is 10.1. The van der Waals surface area contributed by atoms with E-state index < -0.39 is 11.9 Å². The summed E-state index contributed by atoms with van der Waals surface area (Å²) in [6.07, 6.45) is 1.42. The Kier molecular flexibility index (Phi) is 6.12. The Hall–Kier alpha value is -1.10. The van der Waals surface area contributed by atoms with Gasteiger partial charge in [-0.1, -0.05) is 29.3 Å². The minimum absolute atomic E-state index is 0.310. The fraction of sp³-hybridized carbons (Fsp3) is 0.462. The molecule has 0 aromatic heterocycles. The summed E-state index contributed by atoms with van der Waals surface area (Å²) in [5, 5.41) is 2.89. The van der Waals surface area contributed by atoms with Gasteiger partial charge >= 0.3 is 5.97 Å². The van der Waals surface area contributed by atoms with Crippen LogP contribution in [-0.2, 0) is 9.53 Å². The lowest BCUT2D eigenvalue weighted by Crippen LogP contribution is -2.31. The first-order valence-corrected chi connectivity index (χ1v) is 6.76. The van der Waals surface area contributed by atoms with Crippen LogP contribution in [0.5, 0.6) is 0 Å². The maximum atomic E-state index is 13.7. The largest absolute Gasteiger partial charge is 0.464 e. The maximum absolute atomic E-state index is 13.7. The van der Waals surface area contributed by atoms with Crippen LogP contribution in [0, 0.1) is 5.82 Å². The molecule has 0 heterocycles. The molecule has 0 aliphatic heterocycles. The van der Waals surface area contributed by atoms with E-state index in [0.717, 1.165) is 6.42 Å². The summed E-state index contributed by atoms with van der Waals surface area (Å²) in [7, 11) is 0. The van der Waals surface area contributed by atoms with Gasteiger partial charge in [-0.15, -0.1) is 0 Å². The van der Waals surface area contributed by atoms with Gasteiger partial charge < -0.3 is 10.1 Å². The average molecular weight is 318 g/mol. The van der Waals surface area contributed by atoms with Crippen molar-refractivity contribution in [1.82, 2.24) is 0 Å². The first-order valence-electron chi connectivity index (χ1n) is 5.96. The van der Waals surface area contributed by atoms with E-state index in [0.29, 0.717) is 23.2 Å². The van der Waals surface area contributed by atoms with Crippen LogP contribution in [0.3, 0.4) is 0 Å². The molecule has 5 heteroatoms. The van der Waals surface area contributed by atoms with Gasteiger partial charge in [-0.2, -0.15) is 0 Å². The summed E-state index contributed by atoms with van der Waals surface area (Å²) in [5.41, 5.74) is 0.310. The zero-order chi connectivity index (χ0) is 13.5. The number of ether oxygens (including phenoxy) is 1. The lowest BCUT2D eigenvalue weighted by Gasteiger charge is -2.18. The lowest BCUT2D eigenvalue weighted by molar-refractivity contribution is -0.144. The van der Waals surface area contributed by atoms with Gasteiger partial charge in [0.05, 0.1) is 12.3 Å². The molecule has 1 atom stereocenters. The third kappa shape index (κ3) is 4.29. The van der Waals surface area contributed by atoms with Gasteiger partial charge in [0.15, 0.2) is 0 Å². The van der Waals surface area contributed by atoms with Gasteiger partial charge in [-0.25, -0.2) is 9.18 Å². The van der Waals surface area contributed by atoms with Crippen LogP contribution in [0.1, 0.15) is 26.7 Å². The number of halogens is 2. The van der Waals surface area contributed by atoms with Gasteiger partial charge in [0.25, 0.3) is 0 Å². The predicted octanol–water partition coefficient (Wildman–Crippen LogP) is 3.73. The van der Waals surface area contributed by atoms with Crippen LogP contribution in [0.2, 0.25) is 0 Å². The average Bonchev–Trinajstić information content (AvgIpc) is 2.32. The zero-order valence-electron chi connectivity index (χ0n) is 10.5. The van der Waals surface area contributed by atoms with Gasteiger partial charge in [-0.05, 0) is 31.5 Å². The molecule has 1 aromatic carbocycles. The smallest absolute Gasteiger partial charge is 0.328 e. The fourth-order valence-corrected chi connectivity index (χ4v) is 1.91. The summed E-state index contributed by atoms with van der Waals surface area (Å²) >= 11 is 3.19. The summed E-state index contributed by atoms with van der Waals surface area (Å²) < 4.78 is 19.3. The van der Waals surface area contributed by atoms with Crippen LogP contribution in [0.15, 0.2) is 22.7 Å². The van der Waals surface area contributed by atoms with E-state index in [1.165, 1.54) is 6.07 Å². The Labute approximate surface area is 115 Å². The third-order valence-electron chi connectivity index (χ3n) is 2.41. The fourth-order valence-electron chi connectivity index (χ4n) is 1.57. The first kappa shape index (κ1) is 15.0. The van der Waals surface area contributed by atoms with Crippen molar-refractivity contribution in [1.29, 1.82) is 0 Å². The maximum Gasteiger partial charge on any atom is 0.328 e. The van der Waals surface area contributed by atoms with Crippen molar-refractivity contribution >= 4 is 27.6 Å². The molecule has 1 aromatic rings. The van der Waals surface area contributed by atoms with Crippen LogP contribution < -0.4 is 5.32 Å². The predicted molar refractivity (Wildman–Crippen MR) is 73.1 cm³/mol. The number of hydrogen-bond acceptors (Lipinski definition) is 3. The van der Waals surface area contributed by atoms with Crippen LogP contribution in [0.25, 0.3) is 0 Å². The van der Waals surface area contributed by atoms with Crippen LogP contribution >= 0.6 is 15.9 Å². The number of esters is 1. The topological polar surface area (TPSA) is 38.3 Å². The number of carbonyl (C=O) groups excluding carboxylic acids is 1. The number of rotatable bonds is 6. The molecular weight excluding hydrogens is 301 g/mol. The second kappa shape index (κ2) is 7.36. The van der Waals surface area contributed by atoms with Gasteiger partial charge in [0.1, 0.15) is 11.9 Å². The highest BCUT2D eigenvalue weighted by Gasteiger charge is 2.19. The van der Waals surface area contributed by atoms with E-state index >= 15 is 0 Å². The van der Waals surface area contributed by atoms with Crippen molar-refractivity contribution in [3.8, 4) is 0 Å². The molecule has 1 unspecified atom stereocenters. The highest BCUT2D eigenvalue weighted by atomic mass is 79.9. The molecule has 3 nitrogen and oxygen atoms in total. The van der Waals surface area contributed by atoms with E-state index in [4.69, 9.17) is 4.74 Å². The second-order valence-electron chi connectivity index (χ2n) is 3.86. The summed E-state index contributed by atoms with van der Waals surface area (Å²) in [6.45, 7) is 4.04. The molecule has 100 valence electrons. The summed E-state index contributed by atoms with van der Waals surface area (Å²) in [5.74, 6) is -0.739. The SMILES string of the molecule is CCCC(Nc1ccc(Br)cc1F)C(=O)OCC. The van der Waals surface area contributed by atoms with E-state index in [9.17, 15) is 9.18 Å². The molecule has 0 aliphatic carbocycles. The second-order valence-corrected chi connectivity index (χ2v) is 4.78. The number of anilines is 1. The van der Waals surface area contributed by atoms with Crippen molar-refractivity contribution in [2.45, 2.75) is 32.7 Å². The number of carbonyl (C=O) groups is 1. The molecule has 0 radical (unpaired) electrons. The molecule has 1 rings (SSSR count). The van der Waals surface area contributed by atoms with E-state index in [1.54, 1.807) is 19.1 Å². The Balaban J connectivity index is 2.79. The molecule has 0 aliphatic rings. The molecular formula is C13H17BrFNO2. The molecule has 18 heavy (non-hydrogen) atoms. The third-order valence-corrected chi connectivity index (χ3v) is 2.90. The molecule has 0 bridgehead atoms. The van der Waals surface area contributed by atoms with Crippen molar-refractivity contribution in [2.75, 3.05) is 11.9 Å². The minimum atomic E-state index is -0.509. The molecule has 0 spiro atoms. The summed E-state index contributed by atoms with van der Waals surface area (Å²) in [6, 6.07) is 4.17. The Bertz CT molecular complexity index is 412. The van der Waals surface area contributed by atoms with Gasteiger partial charge in [-0.3, -0.25) is 0 Å². The first-order chi connectivity index (χ1) is 8.58. The van der Waals surface area contributed by atoms with Gasteiger partial charge in [0.2, 0.25) is 0 Å². The zero-order valence-corrected chi connectivity index (χ0v) is 12.1. The van der Waals surface area contributed by atoms with Gasteiger partial charge in [0, 0.05) is 4.47 Å². The Morgan fingerprint density at radius 3 is 2.78 bits per heavy atom. The highest BCUT2D eigenvalue weighted by Crippen LogP contribution is 2.21.